The summed E-state index contributed by atoms with van der Waals surface area (Å²) < 4.78 is 6.41. The number of aromatic nitrogens is 1. The number of carbonyl (C=O) groups excluding carboxylic acids is 3. The van der Waals surface area contributed by atoms with Crippen molar-refractivity contribution in [2.75, 3.05) is 6.61 Å². The number of esters is 1. The normalized spacial score (nSPS) is 11.1. The SMILES string of the molecule is CCCCCCCCCCCC(=O)c1cc(C(=O)[O-])n(Cc2ccc(/C=C/C(=O)OCC)cc2)c1. The third kappa shape index (κ3) is 10.3. The zero-order valence-electron chi connectivity index (χ0n) is 21.1. The van der Waals surface area contributed by atoms with Crippen molar-refractivity contribution < 1.29 is 24.2 Å². The van der Waals surface area contributed by atoms with Gasteiger partial charge in [-0.15, -0.1) is 0 Å². The van der Waals surface area contributed by atoms with Crippen molar-refractivity contribution in [1.82, 2.24) is 4.57 Å². The van der Waals surface area contributed by atoms with Gasteiger partial charge in [-0.05, 0) is 36.6 Å². The molecule has 0 saturated carbocycles. The quantitative estimate of drug-likeness (QED) is 0.128. The van der Waals surface area contributed by atoms with E-state index in [4.69, 9.17) is 4.74 Å². The van der Waals surface area contributed by atoms with Crippen molar-refractivity contribution in [3.63, 3.8) is 0 Å². The molecule has 0 aliphatic carbocycles. The Morgan fingerprint density at radius 2 is 1.54 bits per heavy atom. The molecule has 35 heavy (non-hydrogen) atoms. The second-order valence-electron chi connectivity index (χ2n) is 8.86. The molecule has 190 valence electrons. The first-order chi connectivity index (χ1) is 16.9. The molecular formula is C29H38NO5-. The van der Waals surface area contributed by atoms with Crippen molar-refractivity contribution in [2.24, 2.45) is 0 Å². The molecule has 0 bridgehead atoms. The highest BCUT2D eigenvalue weighted by molar-refractivity contribution is 5.98. The number of carbonyl (C=O) groups is 3. The highest BCUT2D eigenvalue weighted by Crippen LogP contribution is 2.17. The molecule has 6 nitrogen and oxygen atoms in total. The third-order valence-corrected chi connectivity index (χ3v) is 5.97. The molecule has 0 fully saturated rings. The van der Waals surface area contributed by atoms with Crippen LogP contribution in [0.2, 0.25) is 0 Å². The summed E-state index contributed by atoms with van der Waals surface area (Å²) in [6.45, 7) is 4.59. The van der Waals surface area contributed by atoms with E-state index in [2.05, 4.69) is 6.92 Å². The highest BCUT2D eigenvalue weighted by atomic mass is 16.5. The van der Waals surface area contributed by atoms with Crippen LogP contribution in [0.25, 0.3) is 6.08 Å². The average Bonchev–Trinajstić information content (AvgIpc) is 3.27. The van der Waals surface area contributed by atoms with Gasteiger partial charge in [-0.3, -0.25) is 4.79 Å². The predicted molar refractivity (Wildman–Crippen MR) is 136 cm³/mol. The Balaban J connectivity index is 1.88. The Labute approximate surface area is 209 Å². The van der Waals surface area contributed by atoms with Gasteiger partial charge >= 0.3 is 5.97 Å². The maximum atomic E-state index is 12.6. The number of Topliss-reactive ketones (excluding diaryl/α,β-unsaturated/α-hetero) is 1. The Kier molecular flexibility index (Phi) is 12.6. The second-order valence-corrected chi connectivity index (χ2v) is 8.86. The van der Waals surface area contributed by atoms with E-state index < -0.39 is 11.9 Å². The van der Waals surface area contributed by atoms with Crippen LogP contribution < -0.4 is 5.11 Å². The van der Waals surface area contributed by atoms with Crippen LogP contribution in [0.3, 0.4) is 0 Å². The molecule has 0 aliphatic heterocycles. The molecule has 1 heterocycles. The summed E-state index contributed by atoms with van der Waals surface area (Å²) in [5, 5.41) is 11.6. The molecule has 0 spiro atoms. The Hall–Kier alpha value is -3.15. The number of aromatic carboxylic acids is 1. The molecule has 0 N–H and O–H groups in total. The van der Waals surface area contributed by atoms with Gasteiger partial charge in [0, 0.05) is 30.8 Å². The van der Waals surface area contributed by atoms with Gasteiger partial charge in [-0.2, -0.15) is 0 Å². The Bertz CT molecular complexity index is 971. The number of carboxylic acids is 1. The van der Waals surface area contributed by atoms with Gasteiger partial charge in [0.25, 0.3) is 0 Å². The molecule has 2 rings (SSSR count). The maximum absolute atomic E-state index is 12.6. The standard InChI is InChI=1S/C29H39NO5/c1-3-5-6-7-8-9-10-11-12-13-27(31)25-20-26(29(33)34)30(22-25)21-24-16-14-23(15-17-24)18-19-28(32)35-4-2/h14-20,22H,3-13,21H2,1-2H3,(H,33,34)/p-1/b19-18+. The van der Waals surface area contributed by atoms with E-state index in [-0.39, 0.29) is 11.5 Å². The van der Waals surface area contributed by atoms with E-state index in [1.54, 1.807) is 23.8 Å². The van der Waals surface area contributed by atoms with E-state index in [9.17, 15) is 19.5 Å². The zero-order valence-corrected chi connectivity index (χ0v) is 21.1. The molecule has 0 radical (unpaired) electrons. The molecular weight excluding hydrogens is 442 g/mol. The molecule has 2 aromatic rings. The lowest BCUT2D eigenvalue weighted by Crippen LogP contribution is -2.25. The minimum atomic E-state index is -1.30. The van der Waals surface area contributed by atoms with Crippen molar-refractivity contribution in [1.29, 1.82) is 0 Å². The van der Waals surface area contributed by atoms with Crippen LogP contribution in [-0.2, 0) is 16.1 Å². The molecule has 1 aromatic heterocycles. The number of nitrogens with zero attached hydrogens (tertiary/aromatic N) is 1. The molecule has 0 saturated heterocycles. The first-order valence-corrected chi connectivity index (χ1v) is 12.8. The summed E-state index contributed by atoms with van der Waals surface area (Å²) in [7, 11) is 0. The number of benzene rings is 1. The third-order valence-electron chi connectivity index (χ3n) is 5.97. The molecule has 0 unspecified atom stereocenters. The summed E-state index contributed by atoms with van der Waals surface area (Å²) in [6, 6.07) is 8.80. The van der Waals surface area contributed by atoms with E-state index in [1.807, 2.05) is 24.3 Å². The van der Waals surface area contributed by atoms with Crippen LogP contribution in [0.1, 0.15) is 110 Å². The van der Waals surface area contributed by atoms with Gasteiger partial charge in [0.05, 0.1) is 18.3 Å². The number of rotatable bonds is 17. The molecule has 1 aromatic carbocycles. The van der Waals surface area contributed by atoms with Crippen LogP contribution in [0.5, 0.6) is 0 Å². The van der Waals surface area contributed by atoms with Crippen molar-refractivity contribution >= 4 is 23.8 Å². The maximum Gasteiger partial charge on any atom is 0.330 e. The van der Waals surface area contributed by atoms with Crippen molar-refractivity contribution in [3.8, 4) is 0 Å². The Morgan fingerprint density at radius 1 is 0.914 bits per heavy atom. The van der Waals surface area contributed by atoms with Gasteiger partial charge in [-0.25, -0.2) is 4.79 Å². The topological polar surface area (TPSA) is 88.4 Å². The molecule has 0 aliphatic rings. The van der Waals surface area contributed by atoms with Gasteiger partial charge < -0.3 is 19.2 Å². The lowest BCUT2D eigenvalue weighted by atomic mass is 10.0. The largest absolute Gasteiger partial charge is 0.543 e. The minimum Gasteiger partial charge on any atom is -0.543 e. The number of ether oxygens (including phenoxy) is 1. The molecule has 6 heteroatoms. The lowest BCUT2D eigenvalue weighted by molar-refractivity contribution is -0.255. The number of hydrogen-bond acceptors (Lipinski definition) is 5. The summed E-state index contributed by atoms with van der Waals surface area (Å²) in [5.74, 6) is -1.74. The first kappa shape index (κ1) is 28.1. The molecule has 0 amide bonds. The number of unbranched alkanes of at least 4 members (excludes halogenated alkanes) is 8. The highest BCUT2D eigenvalue weighted by Gasteiger charge is 2.13. The smallest absolute Gasteiger partial charge is 0.330 e. The fraction of sp³-hybridized carbons (Fsp3) is 0.483. The summed E-state index contributed by atoms with van der Waals surface area (Å²) in [5.41, 5.74) is 2.10. The minimum absolute atomic E-state index is 0.00767. The average molecular weight is 481 g/mol. The number of ketones is 1. The predicted octanol–water partition coefficient (Wildman–Crippen LogP) is 5.58. The lowest BCUT2D eigenvalue weighted by Gasteiger charge is -2.10. The van der Waals surface area contributed by atoms with Crippen LogP contribution in [0.4, 0.5) is 0 Å². The van der Waals surface area contributed by atoms with Crippen molar-refractivity contribution in [3.05, 3.63) is 65.0 Å². The van der Waals surface area contributed by atoms with Crippen LogP contribution in [0, 0.1) is 0 Å². The van der Waals surface area contributed by atoms with Gasteiger partial charge in [0.1, 0.15) is 0 Å². The first-order valence-electron chi connectivity index (χ1n) is 12.8. The van der Waals surface area contributed by atoms with E-state index in [0.717, 1.165) is 30.4 Å². The van der Waals surface area contributed by atoms with Gasteiger partial charge in [0.15, 0.2) is 5.78 Å². The monoisotopic (exact) mass is 480 g/mol. The molecule has 0 atom stereocenters. The fourth-order valence-electron chi connectivity index (χ4n) is 3.99. The fourth-order valence-corrected chi connectivity index (χ4v) is 3.99. The zero-order chi connectivity index (χ0) is 25.5. The number of hydrogen-bond donors (Lipinski definition) is 0. The van der Waals surface area contributed by atoms with Crippen molar-refractivity contribution in [2.45, 2.75) is 84.6 Å². The van der Waals surface area contributed by atoms with Gasteiger partial charge in [-0.1, -0.05) is 82.6 Å². The second kappa shape index (κ2) is 15.7. The Morgan fingerprint density at radius 3 is 2.14 bits per heavy atom. The summed E-state index contributed by atoms with van der Waals surface area (Å²) in [6.07, 6.45) is 15.7. The van der Waals surface area contributed by atoms with E-state index in [1.165, 1.54) is 50.7 Å². The van der Waals surface area contributed by atoms with Crippen LogP contribution in [-0.4, -0.2) is 28.9 Å². The van der Waals surface area contributed by atoms with Crippen LogP contribution >= 0.6 is 0 Å². The summed E-state index contributed by atoms with van der Waals surface area (Å²) in [4.78, 5) is 35.7. The van der Waals surface area contributed by atoms with Crippen LogP contribution in [0.15, 0.2) is 42.6 Å². The summed E-state index contributed by atoms with van der Waals surface area (Å²) >= 11 is 0. The number of carboxylic acid groups (broad SMARTS) is 1. The van der Waals surface area contributed by atoms with Gasteiger partial charge in [0.2, 0.25) is 0 Å². The van der Waals surface area contributed by atoms with E-state index >= 15 is 0 Å². The van der Waals surface area contributed by atoms with E-state index in [0.29, 0.717) is 25.1 Å².